The fraction of sp³-hybridized carbons (Fsp3) is 0.600. The molecule has 0 aliphatic heterocycles. The van der Waals surface area contributed by atoms with Gasteiger partial charge in [0.1, 0.15) is 0 Å². The quantitative estimate of drug-likeness (QED) is 0.382. The first-order valence-electron chi connectivity index (χ1n) is 2.31. The summed E-state index contributed by atoms with van der Waals surface area (Å²) in [4.78, 5) is 11.8. The maximum atomic E-state index is 10.4. The number of quaternary nitrogens is 1. The van der Waals surface area contributed by atoms with Crippen LogP contribution in [0.5, 0.6) is 0 Å². The van der Waals surface area contributed by atoms with Crippen molar-refractivity contribution in [2.24, 2.45) is 0 Å². The molecule has 4 heteroatoms. The second-order valence-electron chi connectivity index (χ2n) is 1.51. The third-order valence-electron chi connectivity index (χ3n) is 0.591. The maximum absolute atomic E-state index is 10.4. The van der Waals surface area contributed by atoms with Crippen molar-refractivity contribution in [3.8, 4) is 0 Å². The molecule has 4 nitrogen and oxygen atoms in total. The fourth-order valence-electron chi connectivity index (χ4n) is 0.216. The minimum atomic E-state index is -0.347. The van der Waals surface area contributed by atoms with Gasteiger partial charge in [0.25, 0.3) is 0 Å². The second-order valence-corrected chi connectivity index (χ2v) is 1.51. The summed E-state index contributed by atoms with van der Waals surface area (Å²) < 4.78 is 4.48. The van der Waals surface area contributed by atoms with Crippen LogP contribution in [-0.2, 0) is 4.74 Å². The summed E-state index contributed by atoms with van der Waals surface area (Å²) in [5, 5.41) is 0. The summed E-state index contributed by atoms with van der Waals surface area (Å²) in [6.07, 6.45) is -0.347. The van der Waals surface area contributed by atoms with Crippen LogP contribution in [0.3, 0.4) is 0 Å². The molecule has 9 heavy (non-hydrogen) atoms. The molecular formula is C5H14N2O2. The van der Waals surface area contributed by atoms with Crippen molar-refractivity contribution < 1.29 is 15.3 Å². The van der Waals surface area contributed by atoms with E-state index in [9.17, 15) is 4.79 Å². The van der Waals surface area contributed by atoms with E-state index in [1.165, 1.54) is 4.90 Å². The standard InChI is InChI=1S/C4H10N2O2.CH3/c1-6(2)4(7)8-3-5;/h3,5H2,1-2H3;1H3/q;-1/p+1. The van der Waals surface area contributed by atoms with E-state index >= 15 is 0 Å². The van der Waals surface area contributed by atoms with Crippen LogP contribution in [0, 0.1) is 7.43 Å². The molecule has 0 saturated heterocycles. The van der Waals surface area contributed by atoms with E-state index in [1.807, 2.05) is 0 Å². The van der Waals surface area contributed by atoms with Crippen LogP contribution >= 0.6 is 0 Å². The molecule has 0 fully saturated rings. The minimum Gasteiger partial charge on any atom is -0.399 e. The van der Waals surface area contributed by atoms with Gasteiger partial charge in [0.05, 0.1) is 0 Å². The number of hydrogen-bond donors (Lipinski definition) is 1. The van der Waals surface area contributed by atoms with Crippen molar-refractivity contribution in [3.05, 3.63) is 7.43 Å². The van der Waals surface area contributed by atoms with Gasteiger partial charge in [-0.05, 0) is 0 Å². The van der Waals surface area contributed by atoms with Crippen molar-refractivity contribution in [1.29, 1.82) is 0 Å². The first-order chi connectivity index (χ1) is 3.68. The highest BCUT2D eigenvalue weighted by Crippen LogP contribution is 1.79. The smallest absolute Gasteiger partial charge is 0.399 e. The monoisotopic (exact) mass is 134 g/mol. The van der Waals surface area contributed by atoms with Gasteiger partial charge in [0, 0.05) is 14.1 Å². The van der Waals surface area contributed by atoms with Crippen LogP contribution in [0.1, 0.15) is 0 Å². The Hall–Kier alpha value is -0.770. The van der Waals surface area contributed by atoms with Gasteiger partial charge >= 0.3 is 6.09 Å². The van der Waals surface area contributed by atoms with Crippen molar-refractivity contribution >= 4 is 6.09 Å². The van der Waals surface area contributed by atoms with Crippen molar-refractivity contribution in [1.82, 2.24) is 4.90 Å². The van der Waals surface area contributed by atoms with Crippen LogP contribution in [0.2, 0.25) is 0 Å². The molecule has 0 spiro atoms. The number of amides is 1. The summed E-state index contributed by atoms with van der Waals surface area (Å²) in [7, 11) is 3.25. The summed E-state index contributed by atoms with van der Waals surface area (Å²) >= 11 is 0. The lowest BCUT2D eigenvalue weighted by molar-refractivity contribution is -0.419. The van der Waals surface area contributed by atoms with Gasteiger partial charge in [-0.3, -0.25) is 0 Å². The zero-order valence-electron chi connectivity index (χ0n) is 6.18. The van der Waals surface area contributed by atoms with Gasteiger partial charge in [-0.1, -0.05) is 0 Å². The van der Waals surface area contributed by atoms with Crippen LogP contribution in [-0.4, -0.2) is 31.8 Å². The minimum absolute atomic E-state index is 0. The first kappa shape index (κ1) is 11.1. The molecule has 0 aliphatic carbocycles. The zero-order valence-corrected chi connectivity index (χ0v) is 6.18. The summed E-state index contributed by atoms with van der Waals surface area (Å²) in [6.45, 7) is 0.191. The van der Waals surface area contributed by atoms with Crippen molar-refractivity contribution in [3.63, 3.8) is 0 Å². The van der Waals surface area contributed by atoms with Gasteiger partial charge in [0.15, 0.2) is 0 Å². The van der Waals surface area contributed by atoms with E-state index < -0.39 is 0 Å². The zero-order chi connectivity index (χ0) is 6.57. The average molecular weight is 134 g/mol. The normalized spacial score (nSPS) is 7.44. The lowest BCUT2D eigenvalue weighted by Crippen LogP contribution is -2.53. The van der Waals surface area contributed by atoms with Gasteiger partial charge in [0.2, 0.25) is 6.73 Å². The molecule has 3 N–H and O–H groups in total. The molecule has 0 unspecified atom stereocenters. The lowest BCUT2D eigenvalue weighted by atomic mass is 10.9. The average Bonchev–Trinajstić information content (AvgIpc) is 1.67. The van der Waals surface area contributed by atoms with E-state index in [-0.39, 0.29) is 20.3 Å². The molecule has 0 rings (SSSR count). The molecule has 0 aromatic heterocycles. The van der Waals surface area contributed by atoms with Crippen molar-refractivity contribution in [2.45, 2.75) is 0 Å². The summed E-state index contributed by atoms with van der Waals surface area (Å²) in [5.41, 5.74) is 3.34. The van der Waals surface area contributed by atoms with Gasteiger partial charge in [-0.15, -0.1) is 0 Å². The molecule has 0 aliphatic rings. The molecule has 0 aromatic rings. The Labute approximate surface area is 55.6 Å². The fourth-order valence-corrected chi connectivity index (χ4v) is 0.216. The van der Waals surface area contributed by atoms with E-state index in [0.29, 0.717) is 0 Å². The number of rotatable bonds is 1. The first-order valence-corrected chi connectivity index (χ1v) is 2.31. The van der Waals surface area contributed by atoms with Gasteiger partial charge in [-0.25, -0.2) is 4.79 Å². The second kappa shape index (κ2) is 5.37. The predicted molar refractivity (Wildman–Crippen MR) is 34.3 cm³/mol. The number of carbonyl (C=O) groups excluding carboxylic acids is 1. The molecule has 1 amide bonds. The maximum Gasteiger partial charge on any atom is 0.413 e. The predicted octanol–water partition coefficient (Wildman–Crippen LogP) is -0.666. The van der Waals surface area contributed by atoms with Gasteiger partial charge < -0.3 is 22.8 Å². The SMILES string of the molecule is CN(C)C(=O)OC[NH3+].[CH3-]. The summed E-state index contributed by atoms with van der Waals surface area (Å²) in [6, 6.07) is 0. The Kier molecular flexibility index (Phi) is 6.61. The highest BCUT2D eigenvalue weighted by Gasteiger charge is 2.01. The highest BCUT2D eigenvalue weighted by atomic mass is 16.6. The highest BCUT2D eigenvalue weighted by molar-refractivity contribution is 5.66. The molecule has 0 saturated carbocycles. The van der Waals surface area contributed by atoms with E-state index in [0.717, 1.165) is 0 Å². The third-order valence-corrected chi connectivity index (χ3v) is 0.591. The van der Waals surface area contributed by atoms with E-state index in [1.54, 1.807) is 14.1 Å². The Balaban J connectivity index is 0. The topological polar surface area (TPSA) is 57.2 Å². The Morgan fingerprint density at radius 3 is 2.22 bits per heavy atom. The summed E-state index contributed by atoms with van der Waals surface area (Å²) in [5.74, 6) is 0. The number of nitrogens with zero attached hydrogens (tertiary/aromatic N) is 1. The third kappa shape index (κ3) is 5.10. The number of carbonyl (C=O) groups is 1. The molecule has 0 heterocycles. The molecular weight excluding hydrogens is 120 g/mol. The molecule has 0 atom stereocenters. The van der Waals surface area contributed by atoms with Gasteiger partial charge in [-0.2, -0.15) is 0 Å². The Morgan fingerprint density at radius 1 is 1.67 bits per heavy atom. The number of hydrogen-bond acceptors (Lipinski definition) is 2. The lowest BCUT2D eigenvalue weighted by Gasteiger charge is -2.06. The molecule has 0 bridgehead atoms. The van der Waals surface area contributed by atoms with Crippen LogP contribution < -0.4 is 5.73 Å². The van der Waals surface area contributed by atoms with Crippen LogP contribution in [0.4, 0.5) is 4.79 Å². The molecule has 0 aromatic carbocycles. The van der Waals surface area contributed by atoms with Crippen molar-refractivity contribution in [2.75, 3.05) is 20.8 Å². The van der Waals surface area contributed by atoms with E-state index in [2.05, 4.69) is 10.5 Å². The van der Waals surface area contributed by atoms with Crippen LogP contribution in [0.25, 0.3) is 0 Å². The Morgan fingerprint density at radius 2 is 2.11 bits per heavy atom. The largest absolute Gasteiger partial charge is 0.413 e. The Bertz CT molecular complexity index is 83.0. The van der Waals surface area contributed by atoms with E-state index in [4.69, 9.17) is 0 Å². The molecule has 0 radical (unpaired) electrons. The number of ether oxygens (including phenoxy) is 1. The molecule has 56 valence electrons. The van der Waals surface area contributed by atoms with Crippen LogP contribution in [0.15, 0.2) is 0 Å².